The molecule has 0 aliphatic heterocycles. The molecule has 4 heteroatoms. The number of nitrogens with two attached hydrogens (primary N) is 1. The molecule has 0 unspecified atom stereocenters. The van der Waals surface area contributed by atoms with Crippen molar-refractivity contribution in [3.8, 4) is 0 Å². The zero-order valence-electron chi connectivity index (χ0n) is 8.42. The number of thiocarbonyl (C=S) groups is 1. The fraction of sp³-hybridized carbons (Fsp3) is 0.600. The maximum atomic E-state index is 5.58. The Kier molecular flexibility index (Phi) is 2.54. The molecular weight excluding hydrogens is 194 g/mol. The molecule has 1 heterocycles. The van der Waals surface area contributed by atoms with Crippen LogP contribution >= 0.6 is 12.2 Å². The summed E-state index contributed by atoms with van der Waals surface area (Å²) >= 11 is 4.94. The smallest absolute Gasteiger partial charge is 0.0787 e. The Morgan fingerprint density at radius 3 is 2.93 bits per heavy atom. The molecule has 0 atom stereocenters. The molecule has 2 rings (SSSR count). The molecule has 0 bridgehead atoms. The second kappa shape index (κ2) is 3.69. The van der Waals surface area contributed by atoms with Crippen molar-refractivity contribution in [1.29, 1.82) is 0 Å². The Bertz CT molecular complexity index is 368. The second-order valence-corrected chi connectivity index (χ2v) is 4.37. The van der Waals surface area contributed by atoms with E-state index in [9.17, 15) is 0 Å². The van der Waals surface area contributed by atoms with Gasteiger partial charge in [-0.15, -0.1) is 0 Å². The molecule has 1 aromatic rings. The average Bonchev–Trinajstić information content (AvgIpc) is 2.43. The van der Waals surface area contributed by atoms with Crippen molar-refractivity contribution in [2.24, 2.45) is 12.8 Å². The van der Waals surface area contributed by atoms with Gasteiger partial charge in [-0.25, -0.2) is 0 Å². The molecule has 0 aromatic carbocycles. The van der Waals surface area contributed by atoms with Gasteiger partial charge in [-0.3, -0.25) is 4.68 Å². The first-order chi connectivity index (χ1) is 6.68. The van der Waals surface area contributed by atoms with Crippen LogP contribution in [0.25, 0.3) is 0 Å². The van der Waals surface area contributed by atoms with Gasteiger partial charge in [0.1, 0.15) is 0 Å². The molecule has 14 heavy (non-hydrogen) atoms. The fourth-order valence-corrected chi connectivity index (χ4v) is 2.27. The third kappa shape index (κ3) is 1.66. The van der Waals surface area contributed by atoms with Gasteiger partial charge in [-0.05, 0) is 31.2 Å². The summed E-state index contributed by atoms with van der Waals surface area (Å²) in [7, 11) is 1.98. The molecule has 1 aromatic heterocycles. The van der Waals surface area contributed by atoms with Crippen molar-refractivity contribution in [2.45, 2.75) is 32.1 Å². The summed E-state index contributed by atoms with van der Waals surface area (Å²) in [5.41, 5.74) is 9.44. The fourth-order valence-electron chi connectivity index (χ4n) is 2.13. The van der Waals surface area contributed by atoms with E-state index < -0.39 is 0 Å². The van der Waals surface area contributed by atoms with Gasteiger partial charge in [0, 0.05) is 19.2 Å². The second-order valence-electron chi connectivity index (χ2n) is 3.85. The monoisotopic (exact) mass is 209 g/mol. The molecule has 1 aliphatic carbocycles. The number of fused-ring (bicyclic) bond motifs is 1. The van der Waals surface area contributed by atoms with Crippen LogP contribution in [0, 0.1) is 0 Å². The first-order valence-electron chi connectivity index (χ1n) is 5.00. The standard InChI is InChI=1S/C10H15N3S/c1-13-9(6-10(11)14)7-4-2-3-5-8(7)12-13/h2-6H2,1H3,(H2,11,14). The maximum Gasteiger partial charge on any atom is 0.0787 e. The summed E-state index contributed by atoms with van der Waals surface area (Å²) in [5.74, 6) is 0. The zero-order valence-corrected chi connectivity index (χ0v) is 9.23. The molecule has 76 valence electrons. The number of rotatable bonds is 2. The van der Waals surface area contributed by atoms with Gasteiger partial charge in [0.05, 0.1) is 10.7 Å². The molecule has 0 saturated heterocycles. The first kappa shape index (κ1) is 9.65. The van der Waals surface area contributed by atoms with Crippen molar-refractivity contribution >= 4 is 17.2 Å². The van der Waals surface area contributed by atoms with Crippen molar-refractivity contribution in [2.75, 3.05) is 0 Å². The molecule has 0 spiro atoms. The van der Waals surface area contributed by atoms with E-state index >= 15 is 0 Å². The highest BCUT2D eigenvalue weighted by molar-refractivity contribution is 7.80. The number of hydrogen-bond donors (Lipinski definition) is 1. The SMILES string of the molecule is Cn1nc2c(c1CC(N)=S)CCCC2. The van der Waals surface area contributed by atoms with Crippen LogP contribution in [-0.4, -0.2) is 14.8 Å². The molecule has 0 amide bonds. The van der Waals surface area contributed by atoms with E-state index in [0.717, 1.165) is 12.8 Å². The predicted octanol–water partition coefficient (Wildman–Crippen LogP) is 1.13. The van der Waals surface area contributed by atoms with E-state index in [1.807, 2.05) is 11.7 Å². The van der Waals surface area contributed by atoms with Crippen LogP contribution in [0.5, 0.6) is 0 Å². The number of aromatic nitrogens is 2. The van der Waals surface area contributed by atoms with Gasteiger partial charge in [-0.1, -0.05) is 12.2 Å². The number of hydrogen-bond acceptors (Lipinski definition) is 2. The molecule has 3 nitrogen and oxygen atoms in total. The Balaban J connectivity index is 2.37. The van der Waals surface area contributed by atoms with E-state index in [-0.39, 0.29) is 0 Å². The Hall–Kier alpha value is -0.900. The lowest BCUT2D eigenvalue weighted by atomic mass is 9.95. The van der Waals surface area contributed by atoms with Crippen LogP contribution < -0.4 is 5.73 Å². The minimum absolute atomic E-state index is 0.557. The minimum atomic E-state index is 0.557. The van der Waals surface area contributed by atoms with Gasteiger partial charge < -0.3 is 5.73 Å². The molecule has 0 radical (unpaired) electrons. The number of aryl methyl sites for hydroxylation is 2. The molecule has 1 aliphatic rings. The first-order valence-corrected chi connectivity index (χ1v) is 5.41. The van der Waals surface area contributed by atoms with Gasteiger partial charge in [0.2, 0.25) is 0 Å². The lowest BCUT2D eigenvalue weighted by Crippen LogP contribution is -2.15. The van der Waals surface area contributed by atoms with Crippen LogP contribution in [0.4, 0.5) is 0 Å². The third-order valence-electron chi connectivity index (χ3n) is 2.79. The normalized spacial score (nSPS) is 15.2. The van der Waals surface area contributed by atoms with Crippen LogP contribution in [0.2, 0.25) is 0 Å². The lowest BCUT2D eigenvalue weighted by molar-refractivity contribution is 0.664. The van der Waals surface area contributed by atoms with E-state index in [1.54, 1.807) is 0 Å². The molecule has 2 N–H and O–H groups in total. The highest BCUT2D eigenvalue weighted by Gasteiger charge is 2.18. The summed E-state index contributed by atoms with van der Waals surface area (Å²) in [4.78, 5) is 0.557. The lowest BCUT2D eigenvalue weighted by Gasteiger charge is -2.10. The highest BCUT2D eigenvalue weighted by Crippen LogP contribution is 2.23. The van der Waals surface area contributed by atoms with E-state index in [4.69, 9.17) is 18.0 Å². The van der Waals surface area contributed by atoms with Gasteiger partial charge in [0.15, 0.2) is 0 Å². The number of nitrogens with zero attached hydrogens (tertiary/aromatic N) is 2. The predicted molar refractivity (Wildman–Crippen MR) is 60.3 cm³/mol. The Morgan fingerprint density at radius 1 is 1.50 bits per heavy atom. The van der Waals surface area contributed by atoms with Crippen molar-refractivity contribution in [3.05, 3.63) is 17.0 Å². The quantitative estimate of drug-likeness (QED) is 0.743. The van der Waals surface area contributed by atoms with Crippen molar-refractivity contribution < 1.29 is 0 Å². The largest absolute Gasteiger partial charge is 0.393 e. The topological polar surface area (TPSA) is 43.8 Å². The van der Waals surface area contributed by atoms with E-state index in [1.165, 1.54) is 29.8 Å². The van der Waals surface area contributed by atoms with Gasteiger partial charge in [0.25, 0.3) is 0 Å². The Labute approximate surface area is 89.3 Å². The van der Waals surface area contributed by atoms with Crippen LogP contribution in [0.15, 0.2) is 0 Å². The molecule has 0 fully saturated rings. The summed E-state index contributed by atoms with van der Waals surface area (Å²) in [5, 5.41) is 4.51. The van der Waals surface area contributed by atoms with Gasteiger partial charge >= 0.3 is 0 Å². The maximum absolute atomic E-state index is 5.58. The average molecular weight is 209 g/mol. The highest BCUT2D eigenvalue weighted by atomic mass is 32.1. The van der Waals surface area contributed by atoms with Gasteiger partial charge in [-0.2, -0.15) is 5.10 Å². The molecular formula is C10H15N3S. The van der Waals surface area contributed by atoms with Crippen molar-refractivity contribution in [1.82, 2.24) is 9.78 Å². The Morgan fingerprint density at radius 2 is 2.21 bits per heavy atom. The summed E-state index contributed by atoms with van der Waals surface area (Å²) in [6.45, 7) is 0. The van der Waals surface area contributed by atoms with E-state index in [2.05, 4.69) is 5.10 Å². The summed E-state index contributed by atoms with van der Waals surface area (Å²) in [6, 6.07) is 0. The van der Waals surface area contributed by atoms with Crippen molar-refractivity contribution in [3.63, 3.8) is 0 Å². The van der Waals surface area contributed by atoms with Crippen LogP contribution in [0.1, 0.15) is 29.8 Å². The summed E-state index contributed by atoms with van der Waals surface area (Å²) < 4.78 is 1.94. The summed E-state index contributed by atoms with van der Waals surface area (Å²) in [6.07, 6.45) is 5.47. The third-order valence-corrected chi connectivity index (χ3v) is 2.93. The van der Waals surface area contributed by atoms with E-state index in [0.29, 0.717) is 11.4 Å². The zero-order chi connectivity index (χ0) is 10.1. The van der Waals surface area contributed by atoms with Crippen LogP contribution in [0.3, 0.4) is 0 Å². The minimum Gasteiger partial charge on any atom is -0.393 e. The van der Waals surface area contributed by atoms with Crippen LogP contribution in [-0.2, 0) is 26.3 Å². The molecule has 0 saturated carbocycles.